The molecule has 0 spiro atoms. The molecule has 0 heterocycles. The molecule has 2 atom stereocenters. The van der Waals surface area contributed by atoms with E-state index in [9.17, 15) is 18.0 Å². The average Bonchev–Trinajstić information content (AvgIpc) is 2.88. The van der Waals surface area contributed by atoms with Crippen molar-refractivity contribution in [2.45, 2.75) is 66.1 Å². The Morgan fingerprint density at radius 3 is 2.29 bits per heavy atom. The molecule has 10 heteroatoms. The van der Waals surface area contributed by atoms with Crippen LogP contribution in [0.25, 0.3) is 0 Å². The van der Waals surface area contributed by atoms with Crippen molar-refractivity contribution in [1.29, 1.82) is 0 Å². The van der Waals surface area contributed by atoms with Crippen molar-refractivity contribution in [2.75, 3.05) is 32.1 Å². The number of carbonyl (C=O) groups excluding carboxylic acids is 2. The van der Waals surface area contributed by atoms with E-state index in [1.54, 1.807) is 32.2 Å². The number of ether oxygens (including phenoxy) is 1. The topological polar surface area (TPSA) is 99.3 Å². The number of hydrogen-bond donors (Lipinski definition) is 1. The lowest BCUT2D eigenvalue weighted by molar-refractivity contribution is -0.140. The summed E-state index contributed by atoms with van der Waals surface area (Å²) in [6.07, 6.45) is 1.11. The molecule has 0 unspecified atom stereocenters. The molecule has 0 aliphatic rings. The van der Waals surface area contributed by atoms with Crippen LogP contribution in [-0.2, 0) is 26.3 Å². The first kappa shape index (κ1) is 31.1. The molecule has 210 valence electrons. The number of anilines is 1. The summed E-state index contributed by atoms with van der Waals surface area (Å²) in [5.41, 5.74) is 2.77. The normalized spacial score (nSPS) is 13.1. The molecule has 2 aromatic carbocycles. The zero-order valence-electron chi connectivity index (χ0n) is 23.8. The molecule has 0 fully saturated rings. The SMILES string of the molecule is CC[C@H](C(=O)N[C@@H](C)CC)N(Cc1cccc(OC)c1)C(=O)CN(c1cc(C)ccc1C)S(=O)(=O)N(C)C. The fraction of sp³-hybridized carbons (Fsp3) is 0.500. The molecule has 2 amide bonds. The maximum absolute atomic E-state index is 14.0. The van der Waals surface area contributed by atoms with Crippen molar-refractivity contribution in [3.05, 3.63) is 59.2 Å². The van der Waals surface area contributed by atoms with Crippen LogP contribution in [0, 0.1) is 13.8 Å². The predicted octanol–water partition coefficient (Wildman–Crippen LogP) is 3.65. The number of benzene rings is 2. The molecule has 0 aromatic heterocycles. The minimum Gasteiger partial charge on any atom is -0.497 e. The number of rotatable bonds is 13. The highest BCUT2D eigenvalue weighted by Crippen LogP contribution is 2.26. The minimum absolute atomic E-state index is 0.0640. The van der Waals surface area contributed by atoms with E-state index in [2.05, 4.69) is 5.32 Å². The fourth-order valence-electron chi connectivity index (χ4n) is 4.02. The highest BCUT2D eigenvalue weighted by molar-refractivity contribution is 7.90. The van der Waals surface area contributed by atoms with E-state index >= 15 is 0 Å². The Kier molecular flexibility index (Phi) is 11.1. The molecule has 38 heavy (non-hydrogen) atoms. The van der Waals surface area contributed by atoms with Crippen molar-refractivity contribution >= 4 is 27.7 Å². The Morgan fingerprint density at radius 1 is 1.03 bits per heavy atom. The first-order chi connectivity index (χ1) is 17.8. The molecule has 0 radical (unpaired) electrons. The zero-order valence-corrected chi connectivity index (χ0v) is 24.6. The minimum atomic E-state index is -4.02. The van der Waals surface area contributed by atoms with Crippen LogP contribution in [0.4, 0.5) is 5.69 Å². The van der Waals surface area contributed by atoms with Gasteiger partial charge in [-0.3, -0.25) is 9.59 Å². The van der Waals surface area contributed by atoms with Gasteiger partial charge in [0.1, 0.15) is 18.3 Å². The number of carbonyl (C=O) groups is 2. The Bertz CT molecular complexity index is 1220. The van der Waals surface area contributed by atoms with Gasteiger partial charge in [-0.05, 0) is 68.5 Å². The van der Waals surface area contributed by atoms with E-state index in [4.69, 9.17) is 4.74 Å². The predicted molar refractivity (Wildman–Crippen MR) is 151 cm³/mol. The van der Waals surface area contributed by atoms with Gasteiger partial charge >= 0.3 is 10.2 Å². The lowest BCUT2D eigenvalue weighted by Crippen LogP contribution is -2.54. The number of nitrogens with one attached hydrogen (secondary N) is 1. The molecular weight excluding hydrogens is 504 g/mol. The van der Waals surface area contributed by atoms with Crippen LogP contribution in [0.3, 0.4) is 0 Å². The third kappa shape index (κ3) is 7.70. The third-order valence-corrected chi connectivity index (χ3v) is 8.33. The van der Waals surface area contributed by atoms with E-state index in [0.29, 0.717) is 17.9 Å². The van der Waals surface area contributed by atoms with Crippen molar-refractivity contribution in [1.82, 2.24) is 14.5 Å². The van der Waals surface area contributed by atoms with E-state index in [1.165, 1.54) is 19.0 Å². The Hall–Kier alpha value is -3.11. The summed E-state index contributed by atoms with van der Waals surface area (Å²) < 4.78 is 34.4. The summed E-state index contributed by atoms with van der Waals surface area (Å²) in [4.78, 5) is 28.8. The van der Waals surface area contributed by atoms with Crippen LogP contribution >= 0.6 is 0 Å². The lowest BCUT2D eigenvalue weighted by atomic mass is 10.1. The van der Waals surface area contributed by atoms with Gasteiger partial charge in [0.25, 0.3) is 0 Å². The molecule has 2 rings (SSSR count). The first-order valence-corrected chi connectivity index (χ1v) is 14.3. The monoisotopic (exact) mass is 546 g/mol. The van der Waals surface area contributed by atoms with Gasteiger partial charge in [-0.15, -0.1) is 0 Å². The number of aryl methyl sites for hydroxylation is 2. The number of hydrogen-bond acceptors (Lipinski definition) is 5. The summed E-state index contributed by atoms with van der Waals surface area (Å²) >= 11 is 0. The molecule has 2 aromatic rings. The van der Waals surface area contributed by atoms with Crippen LogP contribution in [0.2, 0.25) is 0 Å². The molecule has 0 aliphatic carbocycles. The third-order valence-electron chi connectivity index (χ3n) is 6.53. The summed E-state index contributed by atoms with van der Waals surface area (Å²) in [5.74, 6) is -0.128. The van der Waals surface area contributed by atoms with Gasteiger partial charge in [0.2, 0.25) is 11.8 Å². The van der Waals surface area contributed by atoms with Gasteiger partial charge in [-0.2, -0.15) is 12.7 Å². The standard InChI is InChI=1S/C28H42N4O5S/c1-9-22(5)29-28(34)25(10-2)31(18-23-12-11-13-24(17-23)37-8)27(33)19-32(38(35,36)30(6)7)26-16-20(3)14-15-21(26)4/h11-17,22,25H,9-10,18-19H2,1-8H3,(H,29,34)/t22-,25+/m0/s1. The summed E-state index contributed by atoms with van der Waals surface area (Å²) in [6.45, 7) is 9.05. The molecule has 9 nitrogen and oxygen atoms in total. The van der Waals surface area contributed by atoms with Crippen LogP contribution in [-0.4, -0.2) is 69.3 Å². The number of amides is 2. The maximum atomic E-state index is 14.0. The molecular formula is C28H42N4O5S. The molecule has 0 saturated carbocycles. The van der Waals surface area contributed by atoms with Crippen molar-refractivity contribution < 1.29 is 22.7 Å². The van der Waals surface area contributed by atoms with Crippen molar-refractivity contribution in [2.24, 2.45) is 0 Å². The second-order valence-electron chi connectivity index (χ2n) is 9.70. The first-order valence-electron chi connectivity index (χ1n) is 12.9. The van der Waals surface area contributed by atoms with Crippen LogP contribution in [0.15, 0.2) is 42.5 Å². The molecule has 1 N–H and O–H groups in total. The van der Waals surface area contributed by atoms with E-state index < -0.39 is 28.7 Å². The second-order valence-corrected chi connectivity index (χ2v) is 11.8. The van der Waals surface area contributed by atoms with Crippen LogP contribution in [0.1, 0.15) is 50.3 Å². The van der Waals surface area contributed by atoms with Gasteiger partial charge in [-0.1, -0.05) is 38.1 Å². The van der Waals surface area contributed by atoms with E-state index in [0.717, 1.165) is 31.7 Å². The van der Waals surface area contributed by atoms with Gasteiger partial charge < -0.3 is 15.0 Å². The summed E-state index contributed by atoms with van der Waals surface area (Å²) in [5, 5.41) is 2.98. The molecule has 0 bridgehead atoms. The van der Waals surface area contributed by atoms with Gasteiger partial charge in [0, 0.05) is 26.7 Å². The quantitative estimate of drug-likeness (QED) is 0.414. The lowest BCUT2D eigenvalue weighted by Gasteiger charge is -2.34. The van der Waals surface area contributed by atoms with E-state index in [1.807, 2.05) is 52.0 Å². The van der Waals surface area contributed by atoms with E-state index in [-0.39, 0.29) is 18.5 Å². The fourth-order valence-corrected chi connectivity index (χ4v) is 5.13. The smallest absolute Gasteiger partial charge is 0.304 e. The second kappa shape index (κ2) is 13.6. The van der Waals surface area contributed by atoms with Gasteiger partial charge in [-0.25, -0.2) is 4.31 Å². The maximum Gasteiger partial charge on any atom is 0.304 e. The Balaban J connectivity index is 2.57. The molecule has 0 saturated heterocycles. The van der Waals surface area contributed by atoms with Crippen molar-refractivity contribution in [3.63, 3.8) is 0 Å². The van der Waals surface area contributed by atoms with Crippen LogP contribution in [0.5, 0.6) is 5.75 Å². The summed E-state index contributed by atoms with van der Waals surface area (Å²) in [7, 11) is 0.402. The van der Waals surface area contributed by atoms with Gasteiger partial charge in [0.15, 0.2) is 0 Å². The zero-order chi connectivity index (χ0) is 28.6. The average molecular weight is 547 g/mol. The van der Waals surface area contributed by atoms with Crippen molar-refractivity contribution in [3.8, 4) is 5.75 Å². The Labute approximate surface area is 227 Å². The van der Waals surface area contributed by atoms with Crippen LogP contribution < -0.4 is 14.4 Å². The summed E-state index contributed by atoms with van der Waals surface area (Å²) in [6, 6.07) is 11.9. The molecule has 0 aliphatic heterocycles. The highest BCUT2D eigenvalue weighted by Gasteiger charge is 2.34. The number of methoxy groups -OCH3 is 1. The van der Waals surface area contributed by atoms with Gasteiger partial charge in [0.05, 0.1) is 12.8 Å². The Morgan fingerprint density at radius 2 is 1.71 bits per heavy atom. The largest absolute Gasteiger partial charge is 0.497 e. The highest BCUT2D eigenvalue weighted by atomic mass is 32.2. The number of nitrogens with zero attached hydrogens (tertiary/aromatic N) is 3.